The monoisotopic (exact) mass is 243 g/mol. The highest BCUT2D eigenvalue weighted by atomic mass is 79.9. The number of benzene rings is 1. The molecule has 70 valence electrons. The minimum atomic E-state index is -0.830. The van der Waals surface area contributed by atoms with Crippen LogP contribution in [0, 0.1) is 0 Å². The second kappa shape index (κ2) is 3.75. The van der Waals surface area contributed by atoms with Crippen LogP contribution in [0.5, 0.6) is 0 Å². The number of nitrogens with one attached hydrogen (secondary N) is 1. The zero-order valence-electron chi connectivity index (χ0n) is 6.90. The van der Waals surface area contributed by atoms with Gasteiger partial charge in [-0.3, -0.25) is 5.32 Å². The molecule has 0 amide bonds. The van der Waals surface area contributed by atoms with Gasteiger partial charge in [-0.05, 0) is 17.7 Å². The summed E-state index contributed by atoms with van der Waals surface area (Å²) in [4.78, 5) is 0. The van der Waals surface area contributed by atoms with Crippen LogP contribution >= 0.6 is 15.9 Å². The lowest BCUT2D eigenvalue weighted by Crippen LogP contribution is -2.20. The van der Waals surface area contributed by atoms with Gasteiger partial charge in [-0.15, -0.1) is 0 Å². The number of hydrogen-bond donors (Lipinski definition) is 2. The molecule has 1 heterocycles. The molecule has 2 atom stereocenters. The van der Waals surface area contributed by atoms with Gasteiger partial charge in [0.1, 0.15) is 0 Å². The van der Waals surface area contributed by atoms with Crippen LogP contribution in [0.25, 0.3) is 0 Å². The molecule has 1 aliphatic rings. The van der Waals surface area contributed by atoms with Crippen LogP contribution in [0.15, 0.2) is 28.7 Å². The minimum absolute atomic E-state index is 0.0486. The maximum Gasteiger partial charge on any atom is 0.214 e. The molecule has 0 aliphatic carbocycles. The minimum Gasteiger partial charge on any atom is -0.356 e. The first kappa shape index (κ1) is 9.15. The Balaban J connectivity index is 2.16. The number of halogens is 1. The maximum absolute atomic E-state index is 9.09. The molecule has 1 saturated heterocycles. The molecule has 0 spiro atoms. The third-order valence-electron chi connectivity index (χ3n) is 1.99. The molecule has 0 radical (unpaired) electrons. The Morgan fingerprint density at radius 2 is 2.38 bits per heavy atom. The predicted molar refractivity (Wildman–Crippen MR) is 52.0 cm³/mol. The summed E-state index contributed by atoms with van der Waals surface area (Å²) in [5.74, 6) is 0. The molecule has 1 aromatic carbocycles. The van der Waals surface area contributed by atoms with E-state index >= 15 is 0 Å². The average molecular weight is 244 g/mol. The zero-order chi connectivity index (χ0) is 9.26. The third-order valence-corrected chi connectivity index (χ3v) is 2.48. The first-order valence-electron chi connectivity index (χ1n) is 4.08. The largest absolute Gasteiger partial charge is 0.356 e. The van der Waals surface area contributed by atoms with Crippen molar-refractivity contribution in [2.75, 3.05) is 6.54 Å². The maximum atomic E-state index is 9.09. The standard InChI is InChI=1S/C9H10BrNO2/c10-7-3-1-2-6(4-7)8-5-11-9(12)13-8/h1-4,8-9,11-12H,5H2/t8-,9?/m1/s1. The Hall–Kier alpha value is -0.420. The molecule has 2 N–H and O–H groups in total. The van der Waals surface area contributed by atoms with Gasteiger partial charge in [-0.1, -0.05) is 28.1 Å². The molecule has 1 fully saturated rings. The summed E-state index contributed by atoms with van der Waals surface area (Å²) in [6, 6.07) is 7.88. The van der Waals surface area contributed by atoms with Crippen LogP contribution in [0.2, 0.25) is 0 Å². The number of aliphatic hydroxyl groups is 1. The molecule has 13 heavy (non-hydrogen) atoms. The van der Waals surface area contributed by atoms with E-state index in [1.54, 1.807) is 0 Å². The molecule has 2 rings (SSSR count). The number of hydrogen-bond acceptors (Lipinski definition) is 3. The number of rotatable bonds is 1. The van der Waals surface area contributed by atoms with Crippen LogP contribution in [-0.4, -0.2) is 18.1 Å². The highest BCUT2D eigenvalue weighted by Gasteiger charge is 2.23. The summed E-state index contributed by atoms with van der Waals surface area (Å²) < 4.78 is 6.25. The smallest absolute Gasteiger partial charge is 0.214 e. The van der Waals surface area contributed by atoms with Gasteiger partial charge < -0.3 is 9.84 Å². The summed E-state index contributed by atoms with van der Waals surface area (Å²) in [5.41, 5.74) is 1.07. The van der Waals surface area contributed by atoms with E-state index in [-0.39, 0.29) is 6.10 Å². The van der Waals surface area contributed by atoms with Crippen molar-refractivity contribution in [1.82, 2.24) is 5.32 Å². The Morgan fingerprint density at radius 1 is 1.54 bits per heavy atom. The molecule has 1 aromatic rings. The van der Waals surface area contributed by atoms with Crippen molar-refractivity contribution >= 4 is 15.9 Å². The van der Waals surface area contributed by atoms with Gasteiger partial charge in [0.25, 0.3) is 0 Å². The number of aliphatic hydroxyl groups excluding tert-OH is 1. The zero-order valence-corrected chi connectivity index (χ0v) is 8.49. The average Bonchev–Trinajstić information content (AvgIpc) is 2.52. The summed E-state index contributed by atoms with van der Waals surface area (Å²) in [7, 11) is 0. The summed E-state index contributed by atoms with van der Waals surface area (Å²) in [5, 5.41) is 11.9. The Bertz CT molecular complexity index is 305. The lowest BCUT2D eigenvalue weighted by molar-refractivity contribution is -0.101. The van der Waals surface area contributed by atoms with E-state index < -0.39 is 6.41 Å². The molecular weight excluding hydrogens is 234 g/mol. The first-order chi connectivity index (χ1) is 6.25. The van der Waals surface area contributed by atoms with Gasteiger partial charge in [0.2, 0.25) is 6.41 Å². The van der Waals surface area contributed by atoms with Crippen molar-refractivity contribution in [2.24, 2.45) is 0 Å². The fourth-order valence-electron chi connectivity index (χ4n) is 1.36. The van der Waals surface area contributed by atoms with Gasteiger partial charge in [-0.25, -0.2) is 0 Å². The lowest BCUT2D eigenvalue weighted by Gasteiger charge is -2.09. The molecule has 1 aliphatic heterocycles. The second-order valence-corrected chi connectivity index (χ2v) is 3.86. The molecule has 0 saturated carbocycles. The second-order valence-electron chi connectivity index (χ2n) is 2.94. The van der Waals surface area contributed by atoms with E-state index in [2.05, 4.69) is 21.2 Å². The summed E-state index contributed by atoms with van der Waals surface area (Å²) in [6.07, 6.45) is -0.878. The van der Waals surface area contributed by atoms with Crippen LogP contribution < -0.4 is 5.32 Å². The van der Waals surface area contributed by atoms with Crippen molar-refractivity contribution in [1.29, 1.82) is 0 Å². The van der Waals surface area contributed by atoms with Crippen molar-refractivity contribution in [3.8, 4) is 0 Å². The van der Waals surface area contributed by atoms with Crippen molar-refractivity contribution in [3.63, 3.8) is 0 Å². The molecule has 3 nitrogen and oxygen atoms in total. The topological polar surface area (TPSA) is 41.5 Å². The van der Waals surface area contributed by atoms with Crippen molar-refractivity contribution < 1.29 is 9.84 Å². The Kier molecular flexibility index (Phi) is 2.64. The van der Waals surface area contributed by atoms with Gasteiger partial charge in [0.05, 0.1) is 6.10 Å². The molecule has 0 bridgehead atoms. The number of ether oxygens (including phenoxy) is 1. The molecule has 0 aromatic heterocycles. The van der Waals surface area contributed by atoms with Crippen molar-refractivity contribution in [2.45, 2.75) is 12.5 Å². The quantitative estimate of drug-likeness (QED) is 0.784. The normalized spacial score (nSPS) is 27.8. The van der Waals surface area contributed by atoms with Crippen LogP contribution in [0.1, 0.15) is 11.7 Å². The Labute approximate surface area is 84.8 Å². The fourth-order valence-corrected chi connectivity index (χ4v) is 1.78. The molecule has 1 unspecified atom stereocenters. The highest BCUT2D eigenvalue weighted by Crippen LogP contribution is 2.24. The third kappa shape index (κ3) is 2.08. The lowest BCUT2D eigenvalue weighted by atomic mass is 10.1. The summed E-state index contributed by atoms with van der Waals surface area (Å²) in [6.45, 7) is 0.650. The van der Waals surface area contributed by atoms with E-state index in [1.807, 2.05) is 24.3 Å². The van der Waals surface area contributed by atoms with Gasteiger partial charge in [0, 0.05) is 11.0 Å². The predicted octanol–water partition coefficient (Wildman–Crippen LogP) is 1.39. The van der Waals surface area contributed by atoms with Gasteiger partial charge >= 0.3 is 0 Å². The van der Waals surface area contributed by atoms with E-state index in [0.29, 0.717) is 6.54 Å². The van der Waals surface area contributed by atoms with Gasteiger partial charge in [-0.2, -0.15) is 0 Å². The molecule has 4 heteroatoms. The fraction of sp³-hybridized carbons (Fsp3) is 0.333. The van der Waals surface area contributed by atoms with Crippen LogP contribution in [0.4, 0.5) is 0 Å². The van der Waals surface area contributed by atoms with Crippen LogP contribution in [0.3, 0.4) is 0 Å². The van der Waals surface area contributed by atoms with E-state index in [1.165, 1.54) is 0 Å². The van der Waals surface area contributed by atoms with Gasteiger partial charge in [0.15, 0.2) is 0 Å². The van der Waals surface area contributed by atoms with E-state index in [9.17, 15) is 0 Å². The van der Waals surface area contributed by atoms with Crippen LogP contribution in [-0.2, 0) is 4.74 Å². The molecular formula is C9H10BrNO2. The summed E-state index contributed by atoms with van der Waals surface area (Å²) >= 11 is 3.39. The van der Waals surface area contributed by atoms with Crippen molar-refractivity contribution in [3.05, 3.63) is 34.3 Å². The van der Waals surface area contributed by atoms with E-state index in [4.69, 9.17) is 9.84 Å². The van der Waals surface area contributed by atoms with E-state index in [0.717, 1.165) is 10.0 Å². The first-order valence-corrected chi connectivity index (χ1v) is 4.87. The Morgan fingerprint density at radius 3 is 3.00 bits per heavy atom. The highest BCUT2D eigenvalue weighted by molar-refractivity contribution is 9.10. The SMILES string of the molecule is OC1NC[C@H](c2cccc(Br)c2)O1.